The largest absolute Gasteiger partial charge is 0.497 e. The highest BCUT2D eigenvalue weighted by Crippen LogP contribution is 2.32. The van der Waals surface area contributed by atoms with Crippen LogP contribution in [0, 0.1) is 0 Å². The minimum absolute atomic E-state index is 0.522. The van der Waals surface area contributed by atoms with Crippen molar-refractivity contribution in [2.45, 2.75) is 0 Å². The van der Waals surface area contributed by atoms with E-state index in [9.17, 15) is 0 Å². The summed E-state index contributed by atoms with van der Waals surface area (Å²) in [6.45, 7) is 0. The fraction of sp³-hybridized carbons (Fsp3) is 0.0714. The van der Waals surface area contributed by atoms with Crippen molar-refractivity contribution in [1.82, 2.24) is 9.38 Å². The first kappa shape index (κ1) is 13.7. The molecule has 0 aliphatic rings. The number of fused-ring (bicyclic) bond motifs is 1. The number of halogens is 3. The van der Waals surface area contributed by atoms with Crippen LogP contribution < -0.4 is 4.74 Å². The van der Waals surface area contributed by atoms with Gasteiger partial charge in [0.1, 0.15) is 5.75 Å². The van der Waals surface area contributed by atoms with Crippen LogP contribution in [0.4, 0.5) is 0 Å². The Morgan fingerprint density at radius 3 is 2.70 bits per heavy atom. The summed E-state index contributed by atoms with van der Waals surface area (Å²) in [6, 6.07) is 7.41. The van der Waals surface area contributed by atoms with Crippen LogP contribution in [0.2, 0.25) is 10.0 Å². The van der Waals surface area contributed by atoms with Gasteiger partial charge in [0.25, 0.3) is 0 Å². The molecule has 0 aliphatic carbocycles. The van der Waals surface area contributed by atoms with E-state index in [1.807, 2.05) is 28.8 Å². The minimum Gasteiger partial charge on any atom is -0.497 e. The summed E-state index contributed by atoms with van der Waals surface area (Å²) in [5.41, 5.74) is 2.44. The molecule has 0 N–H and O–H groups in total. The van der Waals surface area contributed by atoms with Crippen LogP contribution in [-0.2, 0) is 0 Å². The van der Waals surface area contributed by atoms with Crippen molar-refractivity contribution in [2.75, 3.05) is 7.11 Å². The number of imidazole rings is 1. The lowest BCUT2D eigenvalue weighted by Crippen LogP contribution is -1.85. The second-order valence-electron chi connectivity index (χ2n) is 4.21. The van der Waals surface area contributed by atoms with Crippen molar-refractivity contribution >= 4 is 44.8 Å². The molecule has 0 fully saturated rings. The summed E-state index contributed by atoms with van der Waals surface area (Å²) >= 11 is 15.7. The van der Waals surface area contributed by atoms with Crippen molar-refractivity contribution in [1.29, 1.82) is 0 Å². The molecule has 1 aromatic carbocycles. The zero-order valence-electron chi connectivity index (χ0n) is 10.4. The lowest BCUT2D eigenvalue weighted by molar-refractivity contribution is 0.414. The first-order chi connectivity index (χ1) is 9.58. The number of methoxy groups -OCH3 is 1. The van der Waals surface area contributed by atoms with Gasteiger partial charge in [-0.15, -0.1) is 0 Å². The van der Waals surface area contributed by atoms with Gasteiger partial charge in [-0.2, -0.15) is 0 Å². The number of hydrogen-bond donors (Lipinski definition) is 0. The van der Waals surface area contributed by atoms with E-state index in [1.165, 1.54) is 0 Å². The Hall–Kier alpha value is -1.23. The van der Waals surface area contributed by atoms with E-state index >= 15 is 0 Å². The van der Waals surface area contributed by atoms with Crippen LogP contribution >= 0.6 is 39.1 Å². The smallest absolute Gasteiger partial charge is 0.156 e. The van der Waals surface area contributed by atoms with Gasteiger partial charge in [0, 0.05) is 22.4 Å². The summed E-state index contributed by atoms with van der Waals surface area (Å²) in [5, 5.41) is 1.09. The molecule has 102 valence electrons. The van der Waals surface area contributed by atoms with Gasteiger partial charge in [-0.05, 0) is 40.2 Å². The predicted octanol–water partition coefficient (Wildman–Crippen LogP) is 5.08. The Balaban J connectivity index is 2.17. The van der Waals surface area contributed by atoms with E-state index in [0.29, 0.717) is 15.7 Å². The number of hydrogen-bond acceptors (Lipinski definition) is 2. The van der Waals surface area contributed by atoms with Crippen molar-refractivity contribution in [2.24, 2.45) is 0 Å². The molecule has 20 heavy (non-hydrogen) atoms. The van der Waals surface area contributed by atoms with Gasteiger partial charge in [-0.3, -0.25) is 0 Å². The molecule has 0 saturated heterocycles. The Morgan fingerprint density at radius 1 is 1.20 bits per heavy atom. The third kappa shape index (κ3) is 2.39. The molecule has 0 atom stereocenters. The molecular formula is C14H9BrCl2N2O. The van der Waals surface area contributed by atoms with Gasteiger partial charge in [-0.25, -0.2) is 4.98 Å². The lowest BCUT2D eigenvalue weighted by Gasteiger charge is -2.04. The molecule has 2 heterocycles. The topological polar surface area (TPSA) is 26.5 Å². The minimum atomic E-state index is 0.522. The molecular weight excluding hydrogens is 363 g/mol. The zero-order chi connectivity index (χ0) is 14.3. The highest BCUT2D eigenvalue weighted by atomic mass is 79.9. The normalized spacial score (nSPS) is 11.0. The Morgan fingerprint density at radius 2 is 2.00 bits per heavy atom. The van der Waals surface area contributed by atoms with E-state index in [4.69, 9.17) is 27.9 Å². The van der Waals surface area contributed by atoms with E-state index in [2.05, 4.69) is 20.9 Å². The molecule has 0 unspecified atom stereocenters. The highest BCUT2D eigenvalue weighted by molar-refractivity contribution is 9.10. The summed E-state index contributed by atoms with van der Waals surface area (Å²) in [6.07, 6.45) is 3.66. The van der Waals surface area contributed by atoms with Crippen LogP contribution in [0.1, 0.15) is 0 Å². The van der Waals surface area contributed by atoms with Crippen LogP contribution in [-0.4, -0.2) is 16.5 Å². The number of pyridine rings is 1. The maximum absolute atomic E-state index is 6.15. The van der Waals surface area contributed by atoms with Crippen molar-refractivity contribution in [3.05, 3.63) is 51.2 Å². The number of nitrogens with zero attached hydrogens (tertiary/aromatic N) is 2. The maximum Gasteiger partial charge on any atom is 0.156 e. The van der Waals surface area contributed by atoms with E-state index in [1.54, 1.807) is 19.4 Å². The van der Waals surface area contributed by atoms with E-state index in [-0.39, 0.29) is 0 Å². The molecule has 3 rings (SSSR count). The first-order valence-electron chi connectivity index (χ1n) is 5.76. The van der Waals surface area contributed by atoms with Crippen LogP contribution in [0.5, 0.6) is 5.75 Å². The van der Waals surface area contributed by atoms with Gasteiger partial charge in [0.2, 0.25) is 0 Å². The Bertz CT molecular complexity index is 801. The van der Waals surface area contributed by atoms with Crippen molar-refractivity contribution in [3.63, 3.8) is 0 Å². The monoisotopic (exact) mass is 370 g/mol. The third-order valence-electron chi connectivity index (χ3n) is 2.93. The number of aromatic nitrogens is 2. The molecule has 2 aromatic heterocycles. The zero-order valence-corrected chi connectivity index (χ0v) is 13.5. The first-order valence-corrected chi connectivity index (χ1v) is 7.31. The number of benzene rings is 1. The standard InChI is InChI=1S/C14H9BrCl2N2O/c1-20-9-2-3-10(11(15)5-9)13-7-19-6-8(16)4-12(17)14(19)18-13/h2-7H,1H3. The maximum atomic E-state index is 6.15. The van der Waals surface area contributed by atoms with Crippen molar-refractivity contribution < 1.29 is 4.74 Å². The molecule has 0 radical (unpaired) electrons. The van der Waals surface area contributed by atoms with Crippen LogP contribution in [0.25, 0.3) is 16.9 Å². The summed E-state index contributed by atoms with van der Waals surface area (Å²) in [5.74, 6) is 0.783. The molecule has 0 spiro atoms. The predicted molar refractivity (Wildman–Crippen MR) is 84.9 cm³/mol. The molecule has 0 amide bonds. The summed E-state index contributed by atoms with van der Waals surface area (Å²) in [7, 11) is 1.63. The quantitative estimate of drug-likeness (QED) is 0.627. The summed E-state index contributed by atoms with van der Waals surface area (Å²) in [4.78, 5) is 4.54. The molecule has 3 aromatic rings. The average molecular weight is 372 g/mol. The lowest BCUT2D eigenvalue weighted by atomic mass is 10.1. The van der Waals surface area contributed by atoms with Gasteiger partial charge in [0.15, 0.2) is 5.65 Å². The van der Waals surface area contributed by atoms with Gasteiger partial charge in [-0.1, -0.05) is 23.2 Å². The fourth-order valence-electron chi connectivity index (χ4n) is 1.98. The van der Waals surface area contributed by atoms with E-state index in [0.717, 1.165) is 21.5 Å². The highest BCUT2D eigenvalue weighted by Gasteiger charge is 2.11. The second-order valence-corrected chi connectivity index (χ2v) is 5.91. The molecule has 0 saturated carbocycles. The average Bonchev–Trinajstić information content (AvgIpc) is 2.82. The van der Waals surface area contributed by atoms with E-state index < -0.39 is 0 Å². The Kier molecular flexibility index (Phi) is 3.63. The molecule has 0 aliphatic heterocycles. The van der Waals surface area contributed by atoms with Crippen LogP contribution in [0.15, 0.2) is 41.1 Å². The van der Waals surface area contributed by atoms with Gasteiger partial charge >= 0.3 is 0 Å². The second kappa shape index (κ2) is 5.28. The summed E-state index contributed by atoms with van der Waals surface area (Å²) < 4.78 is 7.91. The van der Waals surface area contributed by atoms with Gasteiger partial charge in [0.05, 0.1) is 22.8 Å². The third-order valence-corrected chi connectivity index (χ3v) is 4.07. The molecule has 0 bridgehead atoms. The Labute approximate surface area is 134 Å². The molecule has 6 heteroatoms. The number of ether oxygens (including phenoxy) is 1. The van der Waals surface area contributed by atoms with Gasteiger partial charge < -0.3 is 9.14 Å². The fourth-order valence-corrected chi connectivity index (χ4v) is 3.07. The van der Waals surface area contributed by atoms with Crippen LogP contribution in [0.3, 0.4) is 0 Å². The SMILES string of the molecule is COc1ccc(-c2cn3cc(Cl)cc(Cl)c3n2)c(Br)c1. The number of rotatable bonds is 2. The molecule has 3 nitrogen and oxygen atoms in total. The van der Waals surface area contributed by atoms with Crippen molar-refractivity contribution in [3.8, 4) is 17.0 Å².